The lowest BCUT2D eigenvalue weighted by Crippen LogP contribution is -2.26. The zero-order chi connectivity index (χ0) is 13.7. The fraction of sp³-hybridized carbons (Fsp3) is 0.357. The van der Waals surface area contributed by atoms with E-state index in [1.54, 1.807) is 12.4 Å². The highest BCUT2D eigenvalue weighted by atomic mass is 35.5. The molecule has 0 unspecified atom stereocenters. The smallest absolute Gasteiger partial charge is 0.120 e. The van der Waals surface area contributed by atoms with Gasteiger partial charge in [0.2, 0.25) is 0 Å². The van der Waals surface area contributed by atoms with Crippen LogP contribution in [0.5, 0.6) is 0 Å². The second-order valence-corrected chi connectivity index (χ2v) is 4.97. The molecule has 0 aliphatic rings. The third-order valence-electron chi connectivity index (χ3n) is 2.95. The Morgan fingerprint density at radius 2 is 2.21 bits per heavy atom. The third kappa shape index (κ3) is 4.06. The number of aromatic nitrogens is 2. The molecule has 0 fully saturated rings. The second kappa shape index (κ2) is 6.70. The molecule has 4 nitrogen and oxygen atoms in total. The van der Waals surface area contributed by atoms with Crippen molar-refractivity contribution in [3.05, 3.63) is 52.6 Å². The van der Waals surface area contributed by atoms with Crippen LogP contribution in [-0.2, 0) is 13.1 Å². The van der Waals surface area contributed by atoms with E-state index in [-0.39, 0.29) is 6.61 Å². The van der Waals surface area contributed by atoms with Gasteiger partial charge >= 0.3 is 0 Å². The molecule has 0 aliphatic carbocycles. The molecule has 0 amide bonds. The number of nitrogens with zero attached hydrogens (tertiary/aromatic N) is 2. The predicted molar refractivity (Wildman–Crippen MR) is 76.0 cm³/mol. The summed E-state index contributed by atoms with van der Waals surface area (Å²) in [4.78, 5) is 9.38. The van der Waals surface area contributed by atoms with Gasteiger partial charge < -0.3 is 10.1 Å². The normalized spacial score (nSPS) is 11.2. The summed E-state index contributed by atoms with van der Waals surface area (Å²) in [5.74, 6) is 0.886. The standard InChI is InChI=1S/C14H18ClN3O/c1-11-2-3-12(13(15)8-11)9-18(6-7-19)10-14-16-4-5-17-14/h2-5,8,19H,6-7,9-10H2,1H3,(H,16,17). The average molecular weight is 280 g/mol. The minimum atomic E-state index is 0.115. The van der Waals surface area contributed by atoms with E-state index in [4.69, 9.17) is 16.7 Å². The van der Waals surface area contributed by atoms with Crippen molar-refractivity contribution in [3.63, 3.8) is 0 Å². The number of aryl methyl sites for hydroxylation is 1. The van der Waals surface area contributed by atoms with Gasteiger partial charge in [0, 0.05) is 30.5 Å². The van der Waals surface area contributed by atoms with Gasteiger partial charge in [-0.3, -0.25) is 4.90 Å². The Bertz CT molecular complexity index is 513. The first-order chi connectivity index (χ1) is 9.19. The number of aliphatic hydroxyl groups is 1. The van der Waals surface area contributed by atoms with Crippen molar-refractivity contribution in [1.82, 2.24) is 14.9 Å². The number of benzene rings is 1. The van der Waals surface area contributed by atoms with Crippen molar-refractivity contribution >= 4 is 11.6 Å². The Labute approximate surface area is 118 Å². The van der Waals surface area contributed by atoms with Crippen molar-refractivity contribution in [2.45, 2.75) is 20.0 Å². The fourth-order valence-electron chi connectivity index (χ4n) is 1.97. The van der Waals surface area contributed by atoms with E-state index >= 15 is 0 Å². The van der Waals surface area contributed by atoms with E-state index in [9.17, 15) is 0 Å². The lowest BCUT2D eigenvalue weighted by molar-refractivity contribution is 0.181. The fourth-order valence-corrected chi connectivity index (χ4v) is 2.27. The molecule has 0 aliphatic heterocycles. The minimum Gasteiger partial charge on any atom is -0.395 e. The summed E-state index contributed by atoms with van der Waals surface area (Å²) in [6, 6.07) is 6.04. The molecule has 2 aromatic rings. The first-order valence-corrected chi connectivity index (χ1v) is 6.63. The van der Waals surface area contributed by atoms with E-state index in [0.29, 0.717) is 19.6 Å². The zero-order valence-corrected chi connectivity index (χ0v) is 11.7. The lowest BCUT2D eigenvalue weighted by Gasteiger charge is -2.21. The van der Waals surface area contributed by atoms with E-state index in [1.807, 2.05) is 25.1 Å². The van der Waals surface area contributed by atoms with Gasteiger partial charge in [0.1, 0.15) is 5.82 Å². The first kappa shape index (κ1) is 14.1. The summed E-state index contributed by atoms with van der Waals surface area (Å²) >= 11 is 6.24. The van der Waals surface area contributed by atoms with Crippen LogP contribution >= 0.6 is 11.6 Å². The second-order valence-electron chi connectivity index (χ2n) is 4.56. The Morgan fingerprint density at radius 3 is 2.84 bits per heavy atom. The van der Waals surface area contributed by atoms with Crippen LogP contribution in [0.2, 0.25) is 5.02 Å². The van der Waals surface area contributed by atoms with Crippen LogP contribution in [0.4, 0.5) is 0 Å². The number of H-pyrrole nitrogens is 1. The summed E-state index contributed by atoms with van der Waals surface area (Å²) in [5.41, 5.74) is 2.21. The molecule has 0 radical (unpaired) electrons. The van der Waals surface area contributed by atoms with Crippen LogP contribution in [0, 0.1) is 6.92 Å². The molecule has 0 spiro atoms. The molecule has 102 valence electrons. The first-order valence-electron chi connectivity index (χ1n) is 6.25. The molecular weight excluding hydrogens is 262 g/mol. The maximum Gasteiger partial charge on any atom is 0.120 e. The Morgan fingerprint density at radius 1 is 1.37 bits per heavy atom. The van der Waals surface area contributed by atoms with Gasteiger partial charge in [-0.2, -0.15) is 0 Å². The number of halogens is 1. The van der Waals surface area contributed by atoms with Crippen molar-refractivity contribution in [1.29, 1.82) is 0 Å². The van der Waals surface area contributed by atoms with E-state index in [2.05, 4.69) is 14.9 Å². The quantitative estimate of drug-likeness (QED) is 0.853. The van der Waals surface area contributed by atoms with Gasteiger partial charge in [0.05, 0.1) is 13.2 Å². The summed E-state index contributed by atoms with van der Waals surface area (Å²) in [5, 5.41) is 9.92. The number of hydrogen-bond acceptors (Lipinski definition) is 3. The molecule has 0 atom stereocenters. The Kier molecular flexibility index (Phi) is 4.96. The molecule has 0 saturated carbocycles. The molecule has 19 heavy (non-hydrogen) atoms. The molecule has 5 heteroatoms. The highest BCUT2D eigenvalue weighted by Gasteiger charge is 2.10. The minimum absolute atomic E-state index is 0.115. The van der Waals surface area contributed by atoms with Gasteiger partial charge in [-0.25, -0.2) is 4.98 Å². The number of aromatic amines is 1. The van der Waals surface area contributed by atoms with Gasteiger partial charge in [-0.15, -0.1) is 0 Å². The molecule has 0 saturated heterocycles. The topological polar surface area (TPSA) is 52.1 Å². The third-order valence-corrected chi connectivity index (χ3v) is 3.30. The zero-order valence-electron chi connectivity index (χ0n) is 10.9. The molecule has 0 bridgehead atoms. The SMILES string of the molecule is Cc1ccc(CN(CCO)Cc2ncc[nH]2)c(Cl)c1. The summed E-state index contributed by atoms with van der Waals surface area (Å²) in [6.45, 7) is 4.08. The van der Waals surface area contributed by atoms with Gasteiger partial charge in [0.25, 0.3) is 0 Å². The maximum atomic E-state index is 9.15. The lowest BCUT2D eigenvalue weighted by atomic mass is 10.1. The highest BCUT2D eigenvalue weighted by Crippen LogP contribution is 2.19. The van der Waals surface area contributed by atoms with E-state index < -0.39 is 0 Å². The maximum absolute atomic E-state index is 9.15. The number of hydrogen-bond donors (Lipinski definition) is 2. The average Bonchev–Trinajstić information content (AvgIpc) is 2.86. The number of nitrogens with one attached hydrogen (secondary N) is 1. The predicted octanol–water partition coefficient (Wildman–Crippen LogP) is 2.37. The van der Waals surface area contributed by atoms with Crippen LogP contribution in [-0.4, -0.2) is 33.1 Å². The van der Waals surface area contributed by atoms with Crippen LogP contribution < -0.4 is 0 Å². The Hall–Kier alpha value is -1.36. The van der Waals surface area contributed by atoms with Crippen molar-refractivity contribution in [2.75, 3.05) is 13.2 Å². The Balaban J connectivity index is 2.07. The van der Waals surface area contributed by atoms with Crippen molar-refractivity contribution in [3.8, 4) is 0 Å². The van der Waals surface area contributed by atoms with Crippen LogP contribution in [0.15, 0.2) is 30.6 Å². The van der Waals surface area contributed by atoms with Gasteiger partial charge in [0.15, 0.2) is 0 Å². The molecular formula is C14H18ClN3O. The van der Waals surface area contributed by atoms with E-state index in [1.165, 1.54) is 0 Å². The molecule has 1 aromatic heterocycles. The van der Waals surface area contributed by atoms with Crippen LogP contribution in [0.1, 0.15) is 17.0 Å². The summed E-state index contributed by atoms with van der Waals surface area (Å²) in [7, 11) is 0. The molecule has 1 heterocycles. The van der Waals surface area contributed by atoms with Gasteiger partial charge in [-0.05, 0) is 24.1 Å². The number of imidazole rings is 1. The van der Waals surface area contributed by atoms with E-state index in [0.717, 1.165) is 22.0 Å². The van der Waals surface area contributed by atoms with Crippen molar-refractivity contribution in [2.24, 2.45) is 0 Å². The summed E-state index contributed by atoms with van der Waals surface area (Å²) < 4.78 is 0. The molecule has 2 rings (SSSR count). The highest BCUT2D eigenvalue weighted by molar-refractivity contribution is 6.31. The van der Waals surface area contributed by atoms with Gasteiger partial charge in [-0.1, -0.05) is 23.7 Å². The molecule has 1 aromatic carbocycles. The largest absolute Gasteiger partial charge is 0.395 e. The van der Waals surface area contributed by atoms with Crippen molar-refractivity contribution < 1.29 is 5.11 Å². The number of rotatable bonds is 6. The number of aliphatic hydroxyl groups excluding tert-OH is 1. The monoisotopic (exact) mass is 279 g/mol. The summed E-state index contributed by atoms with van der Waals surface area (Å²) in [6.07, 6.45) is 3.52. The van der Waals surface area contributed by atoms with Crippen LogP contribution in [0.25, 0.3) is 0 Å². The molecule has 2 N–H and O–H groups in total. The van der Waals surface area contributed by atoms with Crippen LogP contribution in [0.3, 0.4) is 0 Å².